The highest BCUT2D eigenvalue weighted by molar-refractivity contribution is 5.29. The molecular formula is C12H13F2NO. The first-order valence-electron chi connectivity index (χ1n) is 5.19. The Morgan fingerprint density at radius 3 is 2.81 bits per heavy atom. The molecule has 1 aromatic carbocycles. The minimum atomic E-state index is -0.629. The monoisotopic (exact) mass is 225 g/mol. The lowest BCUT2D eigenvalue weighted by Crippen LogP contribution is -2.17. The van der Waals surface area contributed by atoms with Gasteiger partial charge in [-0.15, -0.1) is 0 Å². The van der Waals surface area contributed by atoms with Crippen molar-refractivity contribution in [3.63, 3.8) is 0 Å². The quantitative estimate of drug-likeness (QED) is 0.839. The van der Waals surface area contributed by atoms with Crippen LogP contribution in [0.4, 0.5) is 8.78 Å². The summed E-state index contributed by atoms with van der Waals surface area (Å²) in [6.07, 6.45) is 3.17. The number of hydrogen-bond donors (Lipinski definition) is 1. The van der Waals surface area contributed by atoms with Crippen LogP contribution in [0.5, 0.6) is 0 Å². The maximum atomic E-state index is 13.5. The van der Waals surface area contributed by atoms with Crippen molar-refractivity contribution in [1.82, 2.24) is 0 Å². The van der Waals surface area contributed by atoms with Gasteiger partial charge in [0.25, 0.3) is 0 Å². The molecule has 0 aliphatic carbocycles. The summed E-state index contributed by atoms with van der Waals surface area (Å²) in [6.45, 7) is 0.655. The molecule has 0 amide bonds. The largest absolute Gasteiger partial charge is 0.501 e. The summed E-state index contributed by atoms with van der Waals surface area (Å²) in [5.74, 6) is -0.968. The van der Waals surface area contributed by atoms with E-state index in [-0.39, 0.29) is 5.56 Å². The molecule has 0 radical (unpaired) electrons. The summed E-state index contributed by atoms with van der Waals surface area (Å²) in [5.41, 5.74) is 6.86. The van der Waals surface area contributed by atoms with Crippen molar-refractivity contribution in [3.8, 4) is 0 Å². The molecule has 1 heterocycles. The fraction of sp³-hybridized carbons (Fsp3) is 0.333. The lowest BCUT2D eigenvalue weighted by atomic mass is 9.96. The fourth-order valence-corrected chi connectivity index (χ4v) is 1.77. The molecule has 2 N–H and O–H groups in total. The molecule has 86 valence electrons. The van der Waals surface area contributed by atoms with E-state index in [0.717, 1.165) is 36.6 Å². The summed E-state index contributed by atoms with van der Waals surface area (Å²) >= 11 is 0. The molecule has 1 unspecified atom stereocenters. The molecule has 0 bridgehead atoms. The van der Waals surface area contributed by atoms with E-state index in [1.54, 1.807) is 6.26 Å². The van der Waals surface area contributed by atoms with Gasteiger partial charge in [0.15, 0.2) is 0 Å². The highest BCUT2D eigenvalue weighted by atomic mass is 19.1. The Morgan fingerprint density at radius 1 is 1.31 bits per heavy atom. The molecule has 2 rings (SSSR count). The Balaban J connectivity index is 2.29. The average molecular weight is 225 g/mol. The van der Waals surface area contributed by atoms with E-state index in [1.807, 2.05) is 0 Å². The highest BCUT2D eigenvalue weighted by Gasteiger charge is 2.18. The van der Waals surface area contributed by atoms with Crippen molar-refractivity contribution >= 4 is 0 Å². The van der Waals surface area contributed by atoms with E-state index >= 15 is 0 Å². The minimum absolute atomic E-state index is 0.178. The molecule has 0 aromatic heterocycles. The number of ether oxygens (including phenoxy) is 1. The second kappa shape index (κ2) is 4.61. The van der Waals surface area contributed by atoms with Crippen LogP contribution >= 0.6 is 0 Å². The number of rotatable bonds is 2. The van der Waals surface area contributed by atoms with Crippen LogP contribution in [0.1, 0.15) is 24.4 Å². The Kier molecular flexibility index (Phi) is 3.19. The predicted octanol–water partition coefficient (Wildman–Crippen LogP) is 2.66. The van der Waals surface area contributed by atoms with Crippen LogP contribution in [0.25, 0.3) is 0 Å². The lowest BCUT2D eigenvalue weighted by molar-refractivity contribution is 0.221. The van der Waals surface area contributed by atoms with E-state index in [2.05, 4.69) is 0 Å². The lowest BCUT2D eigenvalue weighted by Gasteiger charge is -2.20. The van der Waals surface area contributed by atoms with Gasteiger partial charge < -0.3 is 10.5 Å². The van der Waals surface area contributed by atoms with Gasteiger partial charge in [-0.2, -0.15) is 0 Å². The second-order valence-corrected chi connectivity index (χ2v) is 3.81. The highest BCUT2D eigenvalue weighted by Crippen LogP contribution is 2.27. The van der Waals surface area contributed by atoms with Crippen LogP contribution in [-0.4, -0.2) is 6.61 Å². The SMILES string of the molecule is NC(C1=COCCC1)c1cc(F)ccc1F. The molecule has 0 saturated heterocycles. The molecule has 1 aliphatic rings. The maximum Gasteiger partial charge on any atom is 0.128 e. The minimum Gasteiger partial charge on any atom is -0.501 e. The van der Waals surface area contributed by atoms with Crippen molar-refractivity contribution in [2.24, 2.45) is 5.73 Å². The molecule has 0 fully saturated rings. The van der Waals surface area contributed by atoms with Gasteiger partial charge in [0.05, 0.1) is 18.9 Å². The zero-order valence-corrected chi connectivity index (χ0v) is 8.75. The first kappa shape index (κ1) is 11.1. The Morgan fingerprint density at radius 2 is 2.12 bits per heavy atom. The molecule has 2 nitrogen and oxygen atoms in total. The van der Waals surface area contributed by atoms with E-state index in [1.165, 1.54) is 0 Å². The van der Waals surface area contributed by atoms with Gasteiger partial charge >= 0.3 is 0 Å². The molecule has 0 saturated carbocycles. The van der Waals surface area contributed by atoms with Crippen molar-refractivity contribution in [2.75, 3.05) is 6.61 Å². The van der Waals surface area contributed by atoms with E-state index in [0.29, 0.717) is 6.61 Å². The molecule has 16 heavy (non-hydrogen) atoms. The van der Waals surface area contributed by atoms with E-state index in [9.17, 15) is 8.78 Å². The molecule has 1 aliphatic heterocycles. The van der Waals surface area contributed by atoms with Gasteiger partial charge in [-0.05, 0) is 36.6 Å². The fourth-order valence-electron chi connectivity index (χ4n) is 1.77. The normalized spacial score (nSPS) is 17.6. The smallest absolute Gasteiger partial charge is 0.128 e. The summed E-state index contributed by atoms with van der Waals surface area (Å²) in [5, 5.41) is 0. The molecule has 0 spiro atoms. The number of nitrogens with two attached hydrogens (primary N) is 1. The zero-order chi connectivity index (χ0) is 11.5. The van der Waals surface area contributed by atoms with Gasteiger partial charge in [-0.1, -0.05) is 0 Å². The Bertz CT molecular complexity index is 417. The van der Waals surface area contributed by atoms with Crippen molar-refractivity contribution in [2.45, 2.75) is 18.9 Å². The predicted molar refractivity (Wildman–Crippen MR) is 56.6 cm³/mol. The summed E-state index contributed by atoms with van der Waals surface area (Å²) < 4.78 is 31.6. The summed E-state index contributed by atoms with van der Waals surface area (Å²) in [4.78, 5) is 0. The van der Waals surface area contributed by atoms with Crippen molar-refractivity contribution in [3.05, 3.63) is 47.2 Å². The topological polar surface area (TPSA) is 35.2 Å². The average Bonchev–Trinajstić information content (AvgIpc) is 2.32. The molecular weight excluding hydrogens is 212 g/mol. The third-order valence-electron chi connectivity index (χ3n) is 2.65. The summed E-state index contributed by atoms with van der Waals surface area (Å²) in [7, 11) is 0. The van der Waals surface area contributed by atoms with Crippen molar-refractivity contribution < 1.29 is 13.5 Å². The van der Waals surface area contributed by atoms with Crippen LogP contribution in [0.3, 0.4) is 0 Å². The van der Waals surface area contributed by atoms with Gasteiger partial charge in [-0.3, -0.25) is 0 Å². The second-order valence-electron chi connectivity index (χ2n) is 3.81. The summed E-state index contributed by atoms with van der Waals surface area (Å²) in [6, 6.07) is 2.68. The first-order valence-corrected chi connectivity index (χ1v) is 5.19. The standard InChI is InChI=1S/C12H13F2NO/c13-9-3-4-11(14)10(6-9)12(15)8-2-1-5-16-7-8/h3-4,6-7,12H,1-2,5,15H2. The van der Waals surface area contributed by atoms with Crippen LogP contribution in [0, 0.1) is 11.6 Å². The Labute approximate surface area is 92.7 Å². The first-order chi connectivity index (χ1) is 7.68. The van der Waals surface area contributed by atoms with Gasteiger partial charge in [0.2, 0.25) is 0 Å². The third kappa shape index (κ3) is 2.22. The van der Waals surface area contributed by atoms with Crippen LogP contribution in [0.15, 0.2) is 30.0 Å². The van der Waals surface area contributed by atoms with Crippen molar-refractivity contribution in [1.29, 1.82) is 0 Å². The van der Waals surface area contributed by atoms with Gasteiger partial charge in [-0.25, -0.2) is 8.78 Å². The van der Waals surface area contributed by atoms with Crippen LogP contribution in [0.2, 0.25) is 0 Å². The van der Waals surface area contributed by atoms with E-state index in [4.69, 9.17) is 10.5 Å². The molecule has 1 atom stereocenters. The third-order valence-corrected chi connectivity index (χ3v) is 2.65. The van der Waals surface area contributed by atoms with Crippen LogP contribution < -0.4 is 5.73 Å². The number of benzene rings is 1. The van der Waals surface area contributed by atoms with Crippen LogP contribution in [-0.2, 0) is 4.74 Å². The van der Waals surface area contributed by atoms with Gasteiger partial charge in [0, 0.05) is 5.56 Å². The molecule has 1 aromatic rings. The number of halogens is 2. The Hall–Kier alpha value is -1.42. The van der Waals surface area contributed by atoms with E-state index < -0.39 is 17.7 Å². The number of hydrogen-bond acceptors (Lipinski definition) is 2. The molecule has 4 heteroatoms. The maximum absolute atomic E-state index is 13.5. The van der Waals surface area contributed by atoms with Gasteiger partial charge in [0.1, 0.15) is 11.6 Å². The zero-order valence-electron chi connectivity index (χ0n) is 8.75.